The molecule has 0 aromatic heterocycles. The summed E-state index contributed by atoms with van der Waals surface area (Å²) in [6.07, 6.45) is -0.654. The molecule has 5 nitrogen and oxygen atoms in total. The molecule has 0 radical (unpaired) electrons. The number of aliphatic hydroxyl groups is 1. The van der Waals surface area contributed by atoms with E-state index in [4.69, 9.17) is 5.26 Å². The van der Waals surface area contributed by atoms with Crippen LogP contribution in [0.15, 0.2) is 18.2 Å². The van der Waals surface area contributed by atoms with Crippen LogP contribution in [-0.4, -0.2) is 41.6 Å². The van der Waals surface area contributed by atoms with Crippen molar-refractivity contribution in [1.82, 2.24) is 4.90 Å². The van der Waals surface area contributed by atoms with Gasteiger partial charge in [-0.1, -0.05) is 6.07 Å². The normalized spacial score (nSPS) is 19.3. The van der Waals surface area contributed by atoms with Crippen LogP contribution in [0.25, 0.3) is 0 Å². The van der Waals surface area contributed by atoms with Gasteiger partial charge in [-0.3, -0.25) is 4.79 Å². The summed E-state index contributed by atoms with van der Waals surface area (Å²) >= 11 is 0. The Hall–Kier alpha value is -2.06. The first kappa shape index (κ1) is 15.3. The number of rotatable bonds is 2. The maximum atomic E-state index is 12.4. The number of piperazine rings is 1. The van der Waals surface area contributed by atoms with Crippen LogP contribution in [0.3, 0.4) is 0 Å². The molecule has 2 rings (SSSR count). The maximum Gasteiger partial charge on any atom is 0.247 e. The van der Waals surface area contributed by atoms with Gasteiger partial charge in [0.2, 0.25) is 5.91 Å². The molecular weight excluding hydrogens is 266 g/mol. The Morgan fingerprint density at radius 1 is 1.38 bits per heavy atom. The van der Waals surface area contributed by atoms with E-state index in [9.17, 15) is 9.90 Å². The van der Waals surface area contributed by atoms with E-state index in [1.54, 1.807) is 37.1 Å². The van der Waals surface area contributed by atoms with E-state index in [0.717, 1.165) is 11.3 Å². The van der Waals surface area contributed by atoms with Crippen molar-refractivity contribution < 1.29 is 9.90 Å². The van der Waals surface area contributed by atoms with Crippen molar-refractivity contribution in [3.63, 3.8) is 0 Å². The summed E-state index contributed by atoms with van der Waals surface area (Å²) in [6, 6.07) is 7.32. The van der Waals surface area contributed by atoms with E-state index in [1.165, 1.54) is 0 Å². The Kier molecular flexibility index (Phi) is 3.93. The monoisotopic (exact) mass is 287 g/mol. The maximum absolute atomic E-state index is 12.4. The van der Waals surface area contributed by atoms with Crippen LogP contribution in [0.2, 0.25) is 0 Å². The molecule has 1 atom stereocenters. The van der Waals surface area contributed by atoms with Gasteiger partial charge in [0.1, 0.15) is 5.54 Å². The number of hydrogen-bond donors (Lipinski definition) is 1. The topological polar surface area (TPSA) is 67.6 Å². The first-order valence-corrected chi connectivity index (χ1v) is 7.04. The lowest BCUT2D eigenvalue weighted by molar-refractivity contribution is -0.136. The zero-order valence-corrected chi connectivity index (χ0v) is 12.9. The van der Waals surface area contributed by atoms with Crippen LogP contribution >= 0.6 is 0 Å². The van der Waals surface area contributed by atoms with Crippen molar-refractivity contribution in [2.24, 2.45) is 0 Å². The minimum absolute atomic E-state index is 0.0349. The molecule has 0 unspecified atom stereocenters. The van der Waals surface area contributed by atoms with Gasteiger partial charge < -0.3 is 14.9 Å². The van der Waals surface area contributed by atoms with E-state index >= 15 is 0 Å². The lowest BCUT2D eigenvalue weighted by Crippen LogP contribution is -2.62. The van der Waals surface area contributed by atoms with E-state index in [2.05, 4.69) is 6.07 Å². The van der Waals surface area contributed by atoms with Crippen LogP contribution in [0.5, 0.6) is 0 Å². The molecule has 1 aliphatic heterocycles. The summed E-state index contributed by atoms with van der Waals surface area (Å²) in [7, 11) is 1.79. The first-order chi connectivity index (χ1) is 9.78. The molecule has 1 amide bonds. The summed E-state index contributed by atoms with van der Waals surface area (Å²) in [5.74, 6) is 0.0349. The van der Waals surface area contributed by atoms with Gasteiger partial charge in [-0.25, -0.2) is 0 Å². The number of anilines is 1. The molecule has 1 N–H and O–H groups in total. The highest BCUT2D eigenvalue weighted by Crippen LogP contribution is 2.34. The number of benzene rings is 1. The van der Waals surface area contributed by atoms with Crippen LogP contribution < -0.4 is 4.90 Å². The molecule has 0 spiro atoms. The van der Waals surface area contributed by atoms with Gasteiger partial charge in [-0.15, -0.1) is 0 Å². The molecule has 112 valence electrons. The minimum atomic E-state index is -0.704. The summed E-state index contributed by atoms with van der Waals surface area (Å²) in [5.41, 5.74) is 1.32. The van der Waals surface area contributed by atoms with Gasteiger partial charge in [-0.2, -0.15) is 5.26 Å². The molecule has 1 aromatic carbocycles. The first-order valence-electron chi connectivity index (χ1n) is 7.04. The predicted molar refractivity (Wildman–Crippen MR) is 80.9 cm³/mol. The fourth-order valence-corrected chi connectivity index (χ4v) is 2.84. The zero-order valence-electron chi connectivity index (χ0n) is 12.9. The van der Waals surface area contributed by atoms with Crippen molar-refractivity contribution in [2.75, 3.05) is 25.0 Å². The highest BCUT2D eigenvalue weighted by Gasteiger charge is 2.41. The Balaban J connectivity index is 2.54. The van der Waals surface area contributed by atoms with Crippen molar-refractivity contribution >= 4 is 11.6 Å². The quantitative estimate of drug-likeness (QED) is 0.898. The number of carbonyl (C=O) groups is 1. The molecule has 1 saturated heterocycles. The average Bonchev–Trinajstić information content (AvgIpc) is 2.44. The van der Waals surface area contributed by atoms with Gasteiger partial charge in [0.25, 0.3) is 0 Å². The highest BCUT2D eigenvalue weighted by molar-refractivity contribution is 5.90. The van der Waals surface area contributed by atoms with Crippen LogP contribution in [0, 0.1) is 11.3 Å². The Labute approximate surface area is 125 Å². The lowest BCUT2D eigenvalue weighted by Gasteiger charge is -2.47. The molecule has 0 saturated carbocycles. The number of carbonyl (C=O) groups excluding carboxylic acids is 1. The third kappa shape index (κ3) is 2.59. The molecule has 1 fully saturated rings. The fraction of sp³-hybridized carbons (Fsp3) is 0.500. The van der Waals surface area contributed by atoms with Crippen molar-refractivity contribution in [2.45, 2.75) is 32.4 Å². The van der Waals surface area contributed by atoms with E-state index in [1.807, 2.05) is 18.7 Å². The SMILES string of the molecule is C[C@@H](O)c1ccc(C#N)cc1N1CCN(C)C(=O)C1(C)C. The summed E-state index contributed by atoms with van der Waals surface area (Å²) < 4.78 is 0. The van der Waals surface area contributed by atoms with Crippen molar-refractivity contribution in [3.05, 3.63) is 29.3 Å². The molecule has 0 bridgehead atoms. The van der Waals surface area contributed by atoms with Gasteiger partial charge in [0.05, 0.1) is 17.7 Å². The van der Waals surface area contributed by atoms with Crippen molar-refractivity contribution in [1.29, 1.82) is 5.26 Å². The van der Waals surface area contributed by atoms with E-state index in [-0.39, 0.29) is 5.91 Å². The predicted octanol–water partition coefficient (Wildman–Crippen LogP) is 1.67. The second-order valence-corrected chi connectivity index (χ2v) is 6.00. The molecule has 1 aromatic rings. The fourth-order valence-electron chi connectivity index (χ4n) is 2.84. The van der Waals surface area contributed by atoms with Crippen LogP contribution in [0.4, 0.5) is 5.69 Å². The standard InChI is InChI=1S/C16H21N3O2/c1-11(20)13-6-5-12(10-17)9-14(13)19-8-7-18(4)15(21)16(19,2)3/h5-6,9,11,20H,7-8H2,1-4H3/t11-/m1/s1. The number of likely N-dealkylation sites (N-methyl/N-ethyl adjacent to an activating group) is 1. The largest absolute Gasteiger partial charge is 0.389 e. The summed E-state index contributed by atoms with van der Waals surface area (Å²) in [6.45, 7) is 6.73. The summed E-state index contributed by atoms with van der Waals surface area (Å²) in [5, 5.41) is 19.1. The average molecular weight is 287 g/mol. The molecule has 5 heteroatoms. The Morgan fingerprint density at radius 3 is 2.62 bits per heavy atom. The number of aliphatic hydroxyl groups excluding tert-OH is 1. The molecule has 1 aliphatic rings. The van der Waals surface area contributed by atoms with Gasteiger partial charge >= 0.3 is 0 Å². The minimum Gasteiger partial charge on any atom is -0.389 e. The third-order valence-electron chi connectivity index (χ3n) is 4.10. The van der Waals surface area contributed by atoms with Gasteiger partial charge in [-0.05, 0) is 32.9 Å². The Morgan fingerprint density at radius 2 is 2.05 bits per heavy atom. The number of nitrogens with zero attached hydrogens (tertiary/aromatic N) is 3. The van der Waals surface area contributed by atoms with Gasteiger partial charge in [0, 0.05) is 31.4 Å². The second kappa shape index (κ2) is 5.38. The summed E-state index contributed by atoms with van der Waals surface area (Å²) in [4.78, 5) is 16.1. The van der Waals surface area contributed by atoms with Gasteiger partial charge in [0.15, 0.2) is 0 Å². The molecule has 0 aliphatic carbocycles. The highest BCUT2D eigenvalue weighted by atomic mass is 16.3. The number of amides is 1. The number of hydrogen-bond acceptors (Lipinski definition) is 4. The van der Waals surface area contributed by atoms with Crippen LogP contribution in [-0.2, 0) is 4.79 Å². The van der Waals surface area contributed by atoms with Crippen molar-refractivity contribution in [3.8, 4) is 6.07 Å². The van der Waals surface area contributed by atoms with Crippen LogP contribution in [0.1, 0.15) is 38.0 Å². The zero-order chi connectivity index (χ0) is 15.8. The number of nitriles is 1. The van der Waals surface area contributed by atoms with E-state index in [0.29, 0.717) is 18.7 Å². The molecule has 1 heterocycles. The lowest BCUT2D eigenvalue weighted by atomic mass is 9.94. The smallest absolute Gasteiger partial charge is 0.247 e. The Bertz CT molecular complexity index is 602. The van der Waals surface area contributed by atoms with E-state index < -0.39 is 11.6 Å². The second-order valence-electron chi connectivity index (χ2n) is 6.00. The molecular formula is C16H21N3O2. The molecule has 21 heavy (non-hydrogen) atoms. The third-order valence-corrected chi connectivity index (χ3v) is 4.10.